The number of aliphatic carboxylic acids is 1. The average Bonchev–Trinajstić information content (AvgIpc) is 2.93. The summed E-state index contributed by atoms with van der Waals surface area (Å²) >= 11 is 0. The summed E-state index contributed by atoms with van der Waals surface area (Å²) in [6, 6.07) is 7.82. The third kappa shape index (κ3) is 4.04. The number of nitrogens with zero attached hydrogens (tertiary/aromatic N) is 2. The van der Waals surface area contributed by atoms with E-state index >= 15 is 0 Å². The van der Waals surface area contributed by atoms with Gasteiger partial charge in [0.2, 0.25) is 5.91 Å². The zero-order valence-corrected chi connectivity index (χ0v) is 13.5. The molecule has 1 fully saturated rings. The first-order valence-corrected chi connectivity index (χ1v) is 8.15. The van der Waals surface area contributed by atoms with Gasteiger partial charge in [-0.25, -0.2) is 0 Å². The van der Waals surface area contributed by atoms with E-state index in [0.29, 0.717) is 32.8 Å². The smallest absolute Gasteiger partial charge is 0.310 e. The summed E-state index contributed by atoms with van der Waals surface area (Å²) in [6.07, 6.45) is 0. The van der Waals surface area contributed by atoms with Crippen LogP contribution in [0, 0.1) is 5.92 Å². The van der Waals surface area contributed by atoms with E-state index < -0.39 is 11.9 Å². The molecule has 1 amide bonds. The molecule has 2 aliphatic rings. The van der Waals surface area contributed by atoms with Crippen molar-refractivity contribution in [3.05, 3.63) is 29.8 Å². The van der Waals surface area contributed by atoms with Crippen molar-refractivity contribution in [3.63, 3.8) is 0 Å². The molecule has 2 heterocycles. The van der Waals surface area contributed by atoms with Gasteiger partial charge in [-0.15, -0.1) is 0 Å². The number of carboxylic acid groups (broad SMARTS) is 1. The molecule has 24 heavy (non-hydrogen) atoms. The lowest BCUT2D eigenvalue weighted by Crippen LogP contribution is -2.44. The van der Waals surface area contributed by atoms with E-state index in [0.717, 1.165) is 11.3 Å². The Bertz CT molecular complexity index is 606. The van der Waals surface area contributed by atoms with Gasteiger partial charge in [-0.3, -0.25) is 14.5 Å². The highest BCUT2D eigenvalue weighted by molar-refractivity contribution is 5.79. The molecule has 0 aliphatic carbocycles. The number of rotatable bonds is 3. The summed E-state index contributed by atoms with van der Waals surface area (Å²) < 4.78 is 11.0. The minimum absolute atomic E-state index is 0.0638. The molecular formula is C17H22N2O5. The van der Waals surface area contributed by atoms with Crippen LogP contribution in [0.1, 0.15) is 5.56 Å². The van der Waals surface area contributed by atoms with Crippen molar-refractivity contribution in [2.24, 2.45) is 5.92 Å². The number of carbonyl (C=O) groups is 2. The summed E-state index contributed by atoms with van der Waals surface area (Å²) in [5.41, 5.74) is 1.06. The van der Waals surface area contributed by atoms with Crippen molar-refractivity contribution in [1.29, 1.82) is 0 Å². The predicted octanol–water partition coefficient (Wildman–Crippen LogP) is 0.441. The van der Waals surface area contributed by atoms with Crippen LogP contribution in [-0.4, -0.2) is 72.8 Å². The number of hydrogen-bond donors (Lipinski definition) is 1. The van der Waals surface area contributed by atoms with Crippen LogP contribution in [0.3, 0.4) is 0 Å². The van der Waals surface area contributed by atoms with E-state index in [9.17, 15) is 14.7 Å². The fourth-order valence-corrected chi connectivity index (χ4v) is 2.99. The zero-order valence-electron chi connectivity index (χ0n) is 13.5. The molecule has 1 aromatic carbocycles. The molecule has 0 aromatic heterocycles. The van der Waals surface area contributed by atoms with Gasteiger partial charge in [0.15, 0.2) is 0 Å². The van der Waals surface area contributed by atoms with Crippen molar-refractivity contribution in [1.82, 2.24) is 9.80 Å². The van der Waals surface area contributed by atoms with Gasteiger partial charge >= 0.3 is 5.97 Å². The van der Waals surface area contributed by atoms with E-state index in [2.05, 4.69) is 0 Å². The minimum Gasteiger partial charge on any atom is -0.492 e. The quantitative estimate of drug-likeness (QED) is 0.864. The van der Waals surface area contributed by atoms with Gasteiger partial charge < -0.3 is 19.5 Å². The van der Waals surface area contributed by atoms with Crippen LogP contribution in [0.2, 0.25) is 0 Å². The van der Waals surface area contributed by atoms with Crippen LogP contribution in [0.15, 0.2) is 24.3 Å². The second kappa shape index (κ2) is 7.63. The molecule has 1 atom stereocenters. The van der Waals surface area contributed by atoms with Crippen LogP contribution in [0.4, 0.5) is 0 Å². The molecule has 7 heteroatoms. The molecule has 7 nitrogen and oxygen atoms in total. The second-order valence-electron chi connectivity index (χ2n) is 6.12. The van der Waals surface area contributed by atoms with Crippen LogP contribution in [0.25, 0.3) is 0 Å². The number of benzene rings is 1. The molecule has 2 aliphatic heterocycles. The molecule has 0 saturated carbocycles. The monoisotopic (exact) mass is 334 g/mol. The number of para-hydroxylation sites is 1. The molecule has 1 N–H and O–H groups in total. The van der Waals surface area contributed by atoms with Gasteiger partial charge in [0.1, 0.15) is 12.4 Å². The Morgan fingerprint density at radius 3 is 2.88 bits per heavy atom. The number of fused-ring (bicyclic) bond motifs is 1. The Kier molecular flexibility index (Phi) is 5.32. The average molecular weight is 334 g/mol. The van der Waals surface area contributed by atoms with Gasteiger partial charge in [0.05, 0.1) is 25.7 Å². The zero-order chi connectivity index (χ0) is 16.9. The molecule has 130 valence electrons. The Morgan fingerprint density at radius 2 is 2.04 bits per heavy atom. The Labute approximate surface area is 140 Å². The maximum atomic E-state index is 12.6. The molecule has 1 unspecified atom stereocenters. The van der Waals surface area contributed by atoms with Gasteiger partial charge in [0.25, 0.3) is 0 Å². The highest BCUT2D eigenvalue weighted by atomic mass is 16.5. The number of ether oxygens (including phenoxy) is 2. The topological polar surface area (TPSA) is 79.3 Å². The largest absolute Gasteiger partial charge is 0.492 e. The van der Waals surface area contributed by atoms with E-state index in [1.54, 1.807) is 4.90 Å². The second-order valence-corrected chi connectivity index (χ2v) is 6.12. The van der Waals surface area contributed by atoms with Crippen molar-refractivity contribution in [3.8, 4) is 5.75 Å². The van der Waals surface area contributed by atoms with Gasteiger partial charge in [-0.05, 0) is 6.07 Å². The number of carboxylic acids is 1. The molecule has 0 radical (unpaired) electrons. The maximum Gasteiger partial charge on any atom is 0.310 e. The predicted molar refractivity (Wildman–Crippen MR) is 85.7 cm³/mol. The van der Waals surface area contributed by atoms with E-state index in [1.165, 1.54) is 0 Å². The highest BCUT2D eigenvalue weighted by Gasteiger charge is 2.28. The van der Waals surface area contributed by atoms with Gasteiger partial charge in [-0.2, -0.15) is 0 Å². The first-order chi connectivity index (χ1) is 11.6. The lowest BCUT2D eigenvalue weighted by molar-refractivity contribution is -0.144. The lowest BCUT2D eigenvalue weighted by Gasteiger charge is -2.26. The molecule has 1 saturated heterocycles. The summed E-state index contributed by atoms with van der Waals surface area (Å²) in [7, 11) is 0. The molecular weight excluding hydrogens is 312 g/mol. The Hall–Kier alpha value is -2.12. The summed E-state index contributed by atoms with van der Waals surface area (Å²) in [5, 5.41) is 9.19. The van der Waals surface area contributed by atoms with Gasteiger partial charge in [0, 0.05) is 31.7 Å². The summed E-state index contributed by atoms with van der Waals surface area (Å²) in [5.74, 6) is -0.788. The van der Waals surface area contributed by atoms with Crippen LogP contribution < -0.4 is 4.74 Å². The first kappa shape index (κ1) is 16.7. The Balaban J connectivity index is 1.62. The van der Waals surface area contributed by atoms with Crippen molar-refractivity contribution in [2.45, 2.75) is 6.54 Å². The van der Waals surface area contributed by atoms with Crippen molar-refractivity contribution < 1.29 is 24.2 Å². The molecule has 3 rings (SSSR count). The number of amides is 1. The van der Waals surface area contributed by atoms with Crippen molar-refractivity contribution >= 4 is 11.9 Å². The van der Waals surface area contributed by atoms with Gasteiger partial charge in [-0.1, -0.05) is 18.2 Å². The summed E-state index contributed by atoms with van der Waals surface area (Å²) in [6.45, 7) is 3.26. The third-order valence-corrected chi connectivity index (χ3v) is 4.36. The maximum absolute atomic E-state index is 12.6. The highest BCUT2D eigenvalue weighted by Crippen LogP contribution is 2.22. The molecule has 0 spiro atoms. The van der Waals surface area contributed by atoms with E-state index in [-0.39, 0.29) is 25.6 Å². The SMILES string of the molecule is O=C(O)C1COCCN(C(=O)CN2CCOc3ccccc3C2)C1. The summed E-state index contributed by atoms with van der Waals surface area (Å²) in [4.78, 5) is 27.4. The fourth-order valence-electron chi connectivity index (χ4n) is 2.99. The molecule has 0 bridgehead atoms. The minimum atomic E-state index is -0.924. The van der Waals surface area contributed by atoms with Crippen LogP contribution in [-0.2, 0) is 20.9 Å². The standard InChI is InChI=1S/C17H22N2O5/c20-16(19-6-7-23-12-14(10-19)17(21)22)11-18-5-8-24-15-4-2-1-3-13(15)9-18/h1-4,14H,5-12H2,(H,21,22). The van der Waals surface area contributed by atoms with Crippen molar-refractivity contribution in [2.75, 3.05) is 46.0 Å². The first-order valence-electron chi connectivity index (χ1n) is 8.15. The molecule has 1 aromatic rings. The normalized spacial score (nSPS) is 22.0. The van der Waals surface area contributed by atoms with Crippen LogP contribution >= 0.6 is 0 Å². The van der Waals surface area contributed by atoms with E-state index in [1.807, 2.05) is 29.2 Å². The Morgan fingerprint density at radius 1 is 1.21 bits per heavy atom. The lowest BCUT2D eigenvalue weighted by atomic mass is 10.1. The number of hydrogen-bond acceptors (Lipinski definition) is 5. The fraction of sp³-hybridized carbons (Fsp3) is 0.529. The number of carbonyl (C=O) groups excluding carboxylic acids is 1. The van der Waals surface area contributed by atoms with Crippen LogP contribution in [0.5, 0.6) is 5.75 Å². The van der Waals surface area contributed by atoms with E-state index in [4.69, 9.17) is 9.47 Å². The third-order valence-electron chi connectivity index (χ3n) is 4.36.